The molecule has 0 saturated heterocycles. The first kappa shape index (κ1) is 25.3. The number of hydrogen-bond acceptors (Lipinski definition) is 10. The number of pyridine rings is 1. The van der Waals surface area contributed by atoms with Gasteiger partial charge in [0.25, 0.3) is 0 Å². The van der Waals surface area contributed by atoms with Gasteiger partial charge >= 0.3 is 0 Å². The minimum absolute atomic E-state index is 0.0314. The number of nitrogens with one attached hydrogen (secondary N) is 1. The zero-order valence-electron chi connectivity index (χ0n) is 19.9. The first-order chi connectivity index (χ1) is 16.0. The van der Waals surface area contributed by atoms with Crippen LogP contribution in [-0.2, 0) is 34.6 Å². The zero-order chi connectivity index (χ0) is 24.8. The molecular weight excluding hydrogens is 460 g/mol. The van der Waals surface area contributed by atoms with Crippen LogP contribution >= 0.6 is 0 Å². The Morgan fingerprint density at radius 3 is 2.68 bits per heavy atom. The van der Waals surface area contributed by atoms with Gasteiger partial charge in [-0.1, -0.05) is 20.8 Å². The van der Waals surface area contributed by atoms with E-state index in [0.29, 0.717) is 0 Å². The monoisotopic (exact) mass is 496 g/mol. The van der Waals surface area contributed by atoms with Crippen molar-refractivity contribution in [2.75, 3.05) is 25.1 Å². The molecule has 0 saturated carbocycles. The lowest BCUT2D eigenvalue weighted by Gasteiger charge is -2.25. The molecule has 0 fully saturated rings. The number of nitrogens with two attached hydrogens (primary N) is 1. The summed E-state index contributed by atoms with van der Waals surface area (Å²) < 4.78 is 17.4. The highest BCUT2D eigenvalue weighted by atomic mass is 32.2. The number of aryl methyl sites for hydroxylation is 1. The number of aliphatic hydroxyl groups excluding tert-OH is 4. The van der Waals surface area contributed by atoms with Crippen LogP contribution in [-0.4, -0.2) is 77.9 Å². The fourth-order valence-electron chi connectivity index (χ4n) is 5.26. The minimum Gasteiger partial charge on any atom is -0.394 e. The normalized spacial score (nSPS) is 26.5. The highest BCUT2D eigenvalue weighted by molar-refractivity contribution is 8.06. The largest absolute Gasteiger partial charge is 0.394 e. The maximum absolute atomic E-state index is 13.4. The van der Waals surface area contributed by atoms with Crippen LogP contribution in [0.1, 0.15) is 56.1 Å². The van der Waals surface area contributed by atoms with E-state index < -0.39 is 40.9 Å². The number of hydrazone groups is 1. The summed E-state index contributed by atoms with van der Waals surface area (Å²) in [7, 11) is -3.60. The molecule has 0 bridgehead atoms. The summed E-state index contributed by atoms with van der Waals surface area (Å²) in [5, 5.41) is 54.3. The third-order valence-electron chi connectivity index (χ3n) is 7.17. The third-order valence-corrected chi connectivity index (χ3v) is 8.73. The minimum atomic E-state index is -3.60. The highest BCUT2D eigenvalue weighted by Crippen LogP contribution is 2.44. The Balaban J connectivity index is 1.63. The van der Waals surface area contributed by atoms with Gasteiger partial charge in [-0.2, -0.15) is 9.46 Å². The number of β-amino-alcohol motifs (C(OH)–C–C–N with tert-alkyl or cyclic N) is 1. The number of anilines is 1. The lowest BCUT2D eigenvalue weighted by Crippen LogP contribution is -2.41. The molecule has 5 atom stereocenters. The molecule has 1 aromatic rings. The number of nitrogens with zero attached hydrogens (tertiary/aromatic N) is 4. The molecule has 3 aliphatic rings. The summed E-state index contributed by atoms with van der Waals surface area (Å²) in [5.41, 5.74) is 4.98. The maximum atomic E-state index is 13.4. The van der Waals surface area contributed by atoms with Crippen molar-refractivity contribution in [2.24, 2.45) is 20.5 Å². The number of fused-ring (bicyclic) bond motifs is 2. The van der Waals surface area contributed by atoms with Crippen molar-refractivity contribution < 1.29 is 24.6 Å². The van der Waals surface area contributed by atoms with Crippen molar-refractivity contribution in [3.8, 4) is 0 Å². The van der Waals surface area contributed by atoms with Crippen molar-refractivity contribution in [2.45, 2.75) is 76.8 Å². The van der Waals surface area contributed by atoms with E-state index >= 15 is 0 Å². The van der Waals surface area contributed by atoms with E-state index in [4.69, 9.17) is 15.2 Å². The second-order valence-electron chi connectivity index (χ2n) is 10.1. The Hall–Kier alpha value is -1.83. The van der Waals surface area contributed by atoms with E-state index in [1.54, 1.807) is 6.92 Å². The smallest absolute Gasteiger partial charge is 0.233 e. The SMILES string of the molecule is CC1C(S(N)(=O)=NC(O)Nc2c3c(nc4c2CCC4(C)C)CCC3)=NN(CC(O)CO)C1CO. The van der Waals surface area contributed by atoms with E-state index in [-0.39, 0.29) is 23.6 Å². The number of aromatic nitrogens is 1. The quantitative estimate of drug-likeness (QED) is 0.281. The van der Waals surface area contributed by atoms with Gasteiger partial charge in [-0.05, 0) is 43.2 Å². The Morgan fingerprint density at radius 2 is 2.00 bits per heavy atom. The lowest BCUT2D eigenvalue weighted by molar-refractivity contribution is 0.0341. The summed E-state index contributed by atoms with van der Waals surface area (Å²) >= 11 is 0. The molecule has 1 aromatic heterocycles. The maximum Gasteiger partial charge on any atom is 0.233 e. The van der Waals surface area contributed by atoms with Crippen molar-refractivity contribution in [1.29, 1.82) is 0 Å². The summed E-state index contributed by atoms with van der Waals surface area (Å²) in [6, 6.07) is -0.574. The van der Waals surface area contributed by atoms with Gasteiger partial charge in [0, 0.05) is 22.7 Å². The first-order valence-corrected chi connectivity index (χ1v) is 13.3. The van der Waals surface area contributed by atoms with Crippen molar-refractivity contribution in [3.63, 3.8) is 0 Å². The average Bonchev–Trinajstić information content (AvgIpc) is 3.44. The Morgan fingerprint density at radius 1 is 1.26 bits per heavy atom. The molecule has 2 aliphatic carbocycles. The van der Waals surface area contributed by atoms with Gasteiger partial charge in [-0.3, -0.25) is 9.99 Å². The molecule has 0 radical (unpaired) electrons. The van der Waals surface area contributed by atoms with E-state index in [0.717, 1.165) is 60.3 Å². The standard InChI is InChI=1S/C22H36N6O5S/c1-12-17(11-30)28(9-13(31)10-29)26-20(12)34(23,33)27-21(32)25-18-14-5-4-6-16(14)24-19-15(18)7-8-22(19,2)3/h12-13,17,21,29-32H,4-11H2,1-3H3,(H,24,25)(H2,23,27,33). The summed E-state index contributed by atoms with van der Waals surface area (Å²) in [6.45, 7) is 5.20. The van der Waals surface area contributed by atoms with Gasteiger partial charge in [-0.25, -0.2) is 9.35 Å². The molecule has 7 N–H and O–H groups in total. The average molecular weight is 497 g/mol. The highest BCUT2D eigenvalue weighted by Gasteiger charge is 2.40. The van der Waals surface area contributed by atoms with Crippen molar-refractivity contribution in [3.05, 3.63) is 22.5 Å². The molecule has 0 spiro atoms. The van der Waals surface area contributed by atoms with E-state index in [2.05, 4.69) is 28.6 Å². The van der Waals surface area contributed by atoms with Crippen LogP contribution in [0.2, 0.25) is 0 Å². The molecular formula is C22H36N6O5S. The van der Waals surface area contributed by atoms with E-state index in [1.807, 2.05) is 0 Å². The number of hydrogen-bond donors (Lipinski definition) is 6. The summed E-state index contributed by atoms with van der Waals surface area (Å²) in [6.07, 6.45) is 1.92. The van der Waals surface area contributed by atoms with E-state index in [9.17, 15) is 19.5 Å². The van der Waals surface area contributed by atoms with Gasteiger partial charge in [0.05, 0.1) is 37.6 Å². The Labute approximate surface area is 200 Å². The van der Waals surface area contributed by atoms with Crippen LogP contribution in [0.4, 0.5) is 5.69 Å². The molecule has 5 unspecified atom stereocenters. The topological polar surface area (TPSA) is 177 Å². The van der Waals surface area contributed by atoms with Crippen LogP contribution in [0.5, 0.6) is 0 Å². The van der Waals surface area contributed by atoms with Crippen LogP contribution < -0.4 is 10.5 Å². The van der Waals surface area contributed by atoms with Crippen LogP contribution in [0, 0.1) is 5.92 Å². The van der Waals surface area contributed by atoms with Gasteiger partial charge in [0.15, 0.2) is 15.0 Å². The molecule has 190 valence electrons. The third kappa shape index (κ3) is 4.54. The molecule has 4 rings (SSSR count). The molecule has 0 amide bonds. The second kappa shape index (κ2) is 9.32. The molecule has 12 heteroatoms. The fourth-order valence-corrected chi connectivity index (χ4v) is 6.63. The lowest BCUT2D eigenvalue weighted by atomic mass is 9.90. The molecule has 1 aliphatic heterocycles. The van der Waals surface area contributed by atoms with Crippen molar-refractivity contribution in [1.82, 2.24) is 9.99 Å². The zero-order valence-corrected chi connectivity index (χ0v) is 20.8. The van der Waals surface area contributed by atoms with Gasteiger partial charge in [-0.15, -0.1) is 0 Å². The van der Waals surface area contributed by atoms with E-state index in [1.165, 1.54) is 5.01 Å². The van der Waals surface area contributed by atoms with Crippen LogP contribution in [0.15, 0.2) is 9.46 Å². The van der Waals surface area contributed by atoms with Gasteiger partial charge in [0.2, 0.25) is 6.35 Å². The number of aliphatic hydroxyl groups is 4. The summed E-state index contributed by atoms with van der Waals surface area (Å²) in [5.74, 6) is -0.528. The van der Waals surface area contributed by atoms with Gasteiger partial charge in [0.1, 0.15) is 0 Å². The van der Waals surface area contributed by atoms with Crippen LogP contribution in [0.3, 0.4) is 0 Å². The second-order valence-corrected chi connectivity index (χ2v) is 11.9. The number of rotatable bonds is 7. The van der Waals surface area contributed by atoms with Crippen molar-refractivity contribution >= 4 is 20.6 Å². The van der Waals surface area contributed by atoms with Crippen LogP contribution in [0.25, 0.3) is 0 Å². The molecule has 2 heterocycles. The Bertz CT molecular complexity index is 1100. The van der Waals surface area contributed by atoms with Gasteiger partial charge < -0.3 is 25.7 Å². The Kier molecular flexibility index (Phi) is 6.93. The predicted octanol–water partition coefficient (Wildman–Crippen LogP) is -0.197. The molecule has 11 nitrogen and oxygen atoms in total. The molecule has 0 aromatic carbocycles. The predicted molar refractivity (Wildman–Crippen MR) is 129 cm³/mol. The fraction of sp³-hybridized carbons (Fsp3) is 0.727. The first-order valence-electron chi connectivity index (χ1n) is 11.8. The molecule has 34 heavy (non-hydrogen) atoms. The summed E-state index contributed by atoms with van der Waals surface area (Å²) in [4.78, 5) is 4.94.